The number of nitrogens with one attached hydrogen (secondary N) is 2. The summed E-state index contributed by atoms with van der Waals surface area (Å²) in [5.74, 6) is -1.32. The smallest absolute Gasteiger partial charge is 0.319 e. The lowest BCUT2D eigenvalue weighted by atomic mass is 10.2. The van der Waals surface area contributed by atoms with Gasteiger partial charge in [0.2, 0.25) is 0 Å². The predicted molar refractivity (Wildman–Crippen MR) is 75.2 cm³/mol. The van der Waals surface area contributed by atoms with Crippen LogP contribution in [-0.4, -0.2) is 13.1 Å². The van der Waals surface area contributed by atoms with Crippen molar-refractivity contribution in [1.29, 1.82) is 0 Å². The Hall–Kier alpha value is -2.63. The Labute approximate surface area is 120 Å². The van der Waals surface area contributed by atoms with Crippen LogP contribution in [0.2, 0.25) is 0 Å². The van der Waals surface area contributed by atoms with Crippen LogP contribution in [0.1, 0.15) is 5.56 Å². The molecule has 2 aromatic carbocycles. The minimum absolute atomic E-state index is 0.173. The Morgan fingerprint density at radius 3 is 2.62 bits per heavy atom. The van der Waals surface area contributed by atoms with Gasteiger partial charge in [-0.2, -0.15) is 0 Å². The topological polar surface area (TPSA) is 50.4 Å². The van der Waals surface area contributed by atoms with E-state index in [2.05, 4.69) is 10.6 Å². The van der Waals surface area contributed by atoms with Crippen LogP contribution in [0, 0.1) is 11.6 Å². The first-order valence-electron chi connectivity index (χ1n) is 6.22. The first-order valence-corrected chi connectivity index (χ1v) is 6.22. The third kappa shape index (κ3) is 3.92. The van der Waals surface area contributed by atoms with Crippen LogP contribution >= 0.6 is 0 Å². The van der Waals surface area contributed by atoms with Crippen LogP contribution in [-0.2, 0) is 6.54 Å². The quantitative estimate of drug-likeness (QED) is 0.908. The molecule has 2 amide bonds. The average molecular weight is 292 g/mol. The second-order valence-corrected chi connectivity index (χ2v) is 4.25. The summed E-state index contributed by atoms with van der Waals surface area (Å²) in [4.78, 5) is 11.7. The molecular formula is C15H14F2N2O2. The third-order valence-electron chi connectivity index (χ3n) is 2.81. The van der Waals surface area contributed by atoms with Crippen molar-refractivity contribution < 1.29 is 18.3 Å². The second-order valence-electron chi connectivity index (χ2n) is 4.25. The summed E-state index contributed by atoms with van der Waals surface area (Å²) in [5.41, 5.74) is 0.979. The highest BCUT2D eigenvalue weighted by atomic mass is 19.2. The van der Waals surface area contributed by atoms with Gasteiger partial charge in [-0.15, -0.1) is 0 Å². The number of carbonyl (C=O) groups is 1. The van der Waals surface area contributed by atoms with Gasteiger partial charge in [-0.25, -0.2) is 13.6 Å². The van der Waals surface area contributed by atoms with Crippen LogP contribution in [0.4, 0.5) is 19.3 Å². The molecular weight excluding hydrogens is 278 g/mol. The molecule has 0 aromatic heterocycles. The number of carbonyl (C=O) groups excluding carboxylic acids is 1. The summed E-state index contributed by atoms with van der Waals surface area (Å²) in [5, 5.41) is 5.03. The molecule has 0 aliphatic heterocycles. The lowest BCUT2D eigenvalue weighted by Gasteiger charge is -2.10. The van der Waals surface area contributed by atoms with Gasteiger partial charge in [-0.05, 0) is 18.2 Å². The number of urea groups is 1. The molecule has 0 atom stereocenters. The minimum atomic E-state index is -1.02. The Morgan fingerprint density at radius 1 is 1.14 bits per heavy atom. The molecule has 0 radical (unpaired) electrons. The molecule has 0 heterocycles. The molecule has 21 heavy (non-hydrogen) atoms. The van der Waals surface area contributed by atoms with Crippen LogP contribution in [0.3, 0.4) is 0 Å². The maximum absolute atomic E-state index is 13.0. The Balaban J connectivity index is 1.94. The number of benzene rings is 2. The van der Waals surface area contributed by atoms with Crippen molar-refractivity contribution in [3.63, 3.8) is 0 Å². The van der Waals surface area contributed by atoms with Gasteiger partial charge in [-0.1, -0.05) is 18.2 Å². The molecule has 110 valence electrons. The summed E-state index contributed by atoms with van der Waals surface area (Å²) < 4.78 is 30.9. The van der Waals surface area contributed by atoms with E-state index in [1.54, 1.807) is 13.2 Å². The number of methoxy groups -OCH3 is 1. The molecule has 6 heteroatoms. The van der Waals surface area contributed by atoms with Gasteiger partial charge in [0.25, 0.3) is 0 Å². The van der Waals surface area contributed by atoms with Crippen LogP contribution in [0.25, 0.3) is 0 Å². The Bertz CT molecular complexity index is 647. The van der Waals surface area contributed by atoms with Gasteiger partial charge in [0.1, 0.15) is 5.75 Å². The van der Waals surface area contributed by atoms with Crippen LogP contribution in [0.15, 0.2) is 42.5 Å². The second kappa shape index (κ2) is 6.69. The van der Waals surface area contributed by atoms with Crippen LogP contribution < -0.4 is 15.4 Å². The summed E-state index contributed by atoms with van der Waals surface area (Å²) >= 11 is 0. The fraction of sp³-hybridized carbons (Fsp3) is 0.133. The molecule has 0 fully saturated rings. The maximum atomic E-state index is 13.0. The Kier molecular flexibility index (Phi) is 4.71. The van der Waals surface area contributed by atoms with E-state index in [1.807, 2.05) is 18.2 Å². The number of hydrogen-bond donors (Lipinski definition) is 2. The van der Waals surface area contributed by atoms with Gasteiger partial charge in [-0.3, -0.25) is 0 Å². The molecule has 0 saturated heterocycles. The van der Waals surface area contributed by atoms with E-state index in [0.29, 0.717) is 5.75 Å². The predicted octanol–water partition coefficient (Wildman–Crippen LogP) is 3.30. The molecule has 2 aromatic rings. The van der Waals surface area contributed by atoms with E-state index in [-0.39, 0.29) is 12.2 Å². The fourth-order valence-electron chi connectivity index (χ4n) is 1.77. The van der Waals surface area contributed by atoms with Gasteiger partial charge in [0, 0.05) is 23.9 Å². The molecule has 4 nitrogen and oxygen atoms in total. The fourth-order valence-corrected chi connectivity index (χ4v) is 1.77. The highest BCUT2D eigenvalue weighted by Gasteiger charge is 2.07. The standard InChI is InChI=1S/C15H14F2N2O2/c1-21-14-5-3-2-4-10(14)9-18-15(20)19-11-6-7-12(16)13(17)8-11/h2-8H,9H2,1H3,(H2,18,19,20). The van der Waals surface area contributed by atoms with Gasteiger partial charge in [0.15, 0.2) is 11.6 Å². The number of amides is 2. The van der Waals surface area contributed by atoms with E-state index in [0.717, 1.165) is 17.7 Å². The highest BCUT2D eigenvalue weighted by Crippen LogP contribution is 2.17. The van der Waals surface area contributed by atoms with E-state index in [4.69, 9.17) is 4.74 Å². The first-order chi connectivity index (χ1) is 10.1. The molecule has 0 unspecified atom stereocenters. The van der Waals surface area contributed by atoms with E-state index < -0.39 is 17.7 Å². The van der Waals surface area contributed by atoms with Gasteiger partial charge in [0.05, 0.1) is 7.11 Å². The largest absolute Gasteiger partial charge is 0.496 e. The zero-order valence-electron chi connectivity index (χ0n) is 11.3. The summed E-state index contributed by atoms with van der Waals surface area (Å²) in [7, 11) is 1.54. The summed E-state index contributed by atoms with van der Waals surface area (Å²) in [6, 6.07) is 9.87. The number of halogens is 2. The summed E-state index contributed by atoms with van der Waals surface area (Å²) in [6.45, 7) is 0.250. The normalized spacial score (nSPS) is 10.0. The van der Waals surface area contributed by atoms with Gasteiger partial charge < -0.3 is 15.4 Å². The number of rotatable bonds is 4. The summed E-state index contributed by atoms with van der Waals surface area (Å²) in [6.07, 6.45) is 0. The molecule has 2 rings (SSSR count). The number of ether oxygens (including phenoxy) is 1. The zero-order valence-corrected chi connectivity index (χ0v) is 11.3. The van der Waals surface area contributed by atoms with Crippen molar-refractivity contribution >= 4 is 11.7 Å². The molecule has 0 aliphatic rings. The lowest BCUT2D eigenvalue weighted by Crippen LogP contribution is -2.28. The average Bonchev–Trinajstić information content (AvgIpc) is 2.49. The van der Waals surface area contributed by atoms with Crippen molar-refractivity contribution in [1.82, 2.24) is 5.32 Å². The SMILES string of the molecule is COc1ccccc1CNC(=O)Nc1ccc(F)c(F)c1. The van der Waals surface area contributed by atoms with Crippen molar-refractivity contribution in [3.05, 3.63) is 59.7 Å². The van der Waals surface area contributed by atoms with E-state index in [9.17, 15) is 13.6 Å². The maximum Gasteiger partial charge on any atom is 0.319 e. The van der Waals surface area contributed by atoms with E-state index in [1.165, 1.54) is 6.07 Å². The van der Waals surface area contributed by atoms with Crippen molar-refractivity contribution in [2.45, 2.75) is 6.54 Å². The highest BCUT2D eigenvalue weighted by molar-refractivity contribution is 5.89. The first kappa shape index (κ1) is 14.8. The lowest BCUT2D eigenvalue weighted by molar-refractivity contribution is 0.251. The monoisotopic (exact) mass is 292 g/mol. The molecule has 2 N–H and O–H groups in total. The minimum Gasteiger partial charge on any atom is -0.496 e. The zero-order chi connectivity index (χ0) is 15.2. The molecule has 0 saturated carbocycles. The van der Waals surface area contributed by atoms with Crippen molar-refractivity contribution in [2.75, 3.05) is 12.4 Å². The number of hydrogen-bond acceptors (Lipinski definition) is 2. The molecule has 0 aliphatic carbocycles. The molecule has 0 bridgehead atoms. The van der Waals surface area contributed by atoms with E-state index >= 15 is 0 Å². The van der Waals surface area contributed by atoms with Crippen molar-refractivity contribution in [3.8, 4) is 5.75 Å². The number of anilines is 1. The van der Waals surface area contributed by atoms with Crippen molar-refractivity contribution in [2.24, 2.45) is 0 Å². The van der Waals surface area contributed by atoms with Crippen LogP contribution in [0.5, 0.6) is 5.75 Å². The van der Waals surface area contributed by atoms with Gasteiger partial charge >= 0.3 is 6.03 Å². The Morgan fingerprint density at radius 2 is 1.90 bits per heavy atom. The number of para-hydroxylation sites is 1. The molecule has 0 spiro atoms. The third-order valence-corrected chi connectivity index (χ3v) is 2.81.